The van der Waals surface area contributed by atoms with Crippen molar-refractivity contribution in [2.24, 2.45) is 22.2 Å². The van der Waals surface area contributed by atoms with E-state index in [2.05, 4.69) is 31.3 Å². The summed E-state index contributed by atoms with van der Waals surface area (Å²) in [6, 6.07) is -0.595. The van der Waals surface area contributed by atoms with Gasteiger partial charge in [-0.1, -0.05) is 20.8 Å². The van der Waals surface area contributed by atoms with Gasteiger partial charge in [-0.15, -0.1) is 0 Å². The van der Waals surface area contributed by atoms with E-state index in [1.165, 1.54) is 0 Å². The van der Waals surface area contributed by atoms with Gasteiger partial charge in [0.2, 0.25) is 0 Å². The monoisotopic (exact) mass is 183 g/mol. The molecule has 0 aromatic rings. The molecule has 4 heteroatoms. The average molecular weight is 183 g/mol. The second kappa shape index (κ2) is 3.36. The van der Waals surface area contributed by atoms with Crippen LogP contribution in [0.3, 0.4) is 0 Å². The number of nitrogens with one attached hydrogen (secondary N) is 1. The Bertz CT molecular complexity index is 245. The molecule has 1 rings (SSSR count). The van der Waals surface area contributed by atoms with Gasteiger partial charge >= 0.3 is 6.03 Å². The predicted octanol–water partition coefficient (Wildman–Crippen LogP) is 1.47. The molecular formula is C9H17N3O. The number of rotatable bonds is 1. The quantitative estimate of drug-likeness (QED) is 0.594. The van der Waals surface area contributed by atoms with Gasteiger partial charge in [0.05, 0.1) is 0 Å². The number of carbonyl (C=O) groups excluding carboxylic acids is 1. The summed E-state index contributed by atoms with van der Waals surface area (Å²) in [4.78, 5) is 10.5. The van der Waals surface area contributed by atoms with Gasteiger partial charge < -0.3 is 5.73 Å². The maximum atomic E-state index is 10.5. The number of primary amides is 1. The Morgan fingerprint density at radius 1 is 1.69 bits per heavy atom. The Hall–Kier alpha value is -1.06. The number of nitrogens with two attached hydrogens (primary N) is 1. The van der Waals surface area contributed by atoms with Crippen LogP contribution < -0.4 is 11.2 Å². The molecule has 0 saturated heterocycles. The van der Waals surface area contributed by atoms with Crippen molar-refractivity contribution in [2.45, 2.75) is 33.6 Å². The largest absolute Gasteiger partial charge is 0.350 e. The number of nitrogens with zero attached hydrogens (tertiary/aromatic N) is 1. The summed E-state index contributed by atoms with van der Waals surface area (Å²) >= 11 is 0. The third-order valence-electron chi connectivity index (χ3n) is 3.09. The fourth-order valence-electron chi connectivity index (χ4n) is 1.64. The highest BCUT2D eigenvalue weighted by molar-refractivity contribution is 5.92. The van der Waals surface area contributed by atoms with Crippen LogP contribution in [0.2, 0.25) is 0 Å². The minimum Gasteiger partial charge on any atom is -0.350 e. The Morgan fingerprint density at radius 2 is 2.31 bits per heavy atom. The highest BCUT2D eigenvalue weighted by Gasteiger charge is 2.37. The molecule has 13 heavy (non-hydrogen) atoms. The molecule has 1 aliphatic carbocycles. The van der Waals surface area contributed by atoms with Crippen molar-refractivity contribution in [3.8, 4) is 0 Å². The van der Waals surface area contributed by atoms with E-state index in [-0.39, 0.29) is 5.41 Å². The van der Waals surface area contributed by atoms with E-state index in [1.807, 2.05) is 0 Å². The van der Waals surface area contributed by atoms with E-state index in [1.54, 1.807) is 0 Å². The standard InChI is InChI=1S/C9H17N3O/c1-6-4-5-7(9(6,2)3)11-12-8(10)13/h6H,4-5H2,1-3H3,(H3,10,12,13)/b11-7+/t6-/m1/s1. The lowest BCUT2D eigenvalue weighted by Gasteiger charge is -2.23. The van der Waals surface area contributed by atoms with Crippen LogP contribution in [0.15, 0.2) is 5.10 Å². The Balaban J connectivity index is 2.71. The first-order valence-corrected chi connectivity index (χ1v) is 4.57. The predicted molar refractivity (Wildman–Crippen MR) is 52.3 cm³/mol. The van der Waals surface area contributed by atoms with Crippen LogP contribution in [0.4, 0.5) is 4.79 Å². The van der Waals surface area contributed by atoms with E-state index in [9.17, 15) is 4.79 Å². The molecule has 0 aromatic carbocycles. The SMILES string of the molecule is C[C@@H]1CC/C(=N\NC(N)=O)C1(C)C. The van der Waals surface area contributed by atoms with E-state index in [4.69, 9.17) is 5.73 Å². The van der Waals surface area contributed by atoms with E-state index < -0.39 is 6.03 Å². The lowest BCUT2D eigenvalue weighted by atomic mass is 9.82. The van der Waals surface area contributed by atoms with Crippen LogP contribution >= 0.6 is 0 Å². The third kappa shape index (κ3) is 1.99. The van der Waals surface area contributed by atoms with Crippen LogP contribution in [-0.4, -0.2) is 11.7 Å². The van der Waals surface area contributed by atoms with Gasteiger partial charge in [-0.05, 0) is 18.8 Å². The second-order valence-corrected chi connectivity index (χ2v) is 4.20. The van der Waals surface area contributed by atoms with Crippen LogP contribution in [0.25, 0.3) is 0 Å². The topological polar surface area (TPSA) is 67.5 Å². The molecule has 1 aliphatic rings. The van der Waals surface area contributed by atoms with Gasteiger partial charge in [0.25, 0.3) is 0 Å². The molecule has 0 aromatic heterocycles. The second-order valence-electron chi connectivity index (χ2n) is 4.20. The summed E-state index contributed by atoms with van der Waals surface area (Å²) in [6.07, 6.45) is 2.08. The molecule has 4 nitrogen and oxygen atoms in total. The Kier molecular flexibility index (Phi) is 2.59. The van der Waals surface area contributed by atoms with E-state index in [0.717, 1.165) is 18.6 Å². The van der Waals surface area contributed by atoms with E-state index >= 15 is 0 Å². The molecule has 0 spiro atoms. The summed E-state index contributed by atoms with van der Waals surface area (Å²) in [5.41, 5.74) is 8.35. The first kappa shape index (κ1) is 10.0. The molecule has 0 unspecified atom stereocenters. The number of hydrogen-bond donors (Lipinski definition) is 2. The van der Waals surface area contributed by atoms with Gasteiger partial charge in [-0.3, -0.25) is 0 Å². The molecule has 0 radical (unpaired) electrons. The zero-order valence-electron chi connectivity index (χ0n) is 8.42. The number of amides is 2. The lowest BCUT2D eigenvalue weighted by molar-refractivity contribution is 0.249. The highest BCUT2D eigenvalue weighted by atomic mass is 16.2. The average Bonchev–Trinajstić information content (AvgIpc) is 2.25. The van der Waals surface area contributed by atoms with Crippen LogP contribution in [-0.2, 0) is 0 Å². The molecule has 74 valence electrons. The number of hydrogen-bond acceptors (Lipinski definition) is 2. The van der Waals surface area contributed by atoms with Crippen molar-refractivity contribution in [3.05, 3.63) is 0 Å². The summed E-state index contributed by atoms with van der Waals surface area (Å²) in [5.74, 6) is 0.612. The summed E-state index contributed by atoms with van der Waals surface area (Å²) < 4.78 is 0. The molecule has 2 amide bonds. The Morgan fingerprint density at radius 3 is 2.69 bits per heavy atom. The first-order chi connectivity index (χ1) is 5.94. The van der Waals surface area contributed by atoms with Crippen molar-refractivity contribution < 1.29 is 4.79 Å². The van der Waals surface area contributed by atoms with Gasteiger partial charge in [0.1, 0.15) is 0 Å². The van der Waals surface area contributed by atoms with Crippen molar-refractivity contribution in [1.82, 2.24) is 5.43 Å². The first-order valence-electron chi connectivity index (χ1n) is 4.57. The summed E-state index contributed by atoms with van der Waals surface area (Å²) in [6.45, 7) is 6.49. The zero-order chi connectivity index (χ0) is 10.1. The third-order valence-corrected chi connectivity index (χ3v) is 3.09. The summed E-state index contributed by atoms with van der Waals surface area (Å²) in [7, 11) is 0. The van der Waals surface area contributed by atoms with Crippen molar-refractivity contribution in [1.29, 1.82) is 0 Å². The summed E-state index contributed by atoms with van der Waals surface area (Å²) in [5, 5.41) is 4.02. The maximum absolute atomic E-state index is 10.5. The molecule has 0 aliphatic heterocycles. The molecule has 0 bridgehead atoms. The van der Waals surface area contributed by atoms with Gasteiger partial charge in [-0.25, -0.2) is 10.2 Å². The van der Waals surface area contributed by atoms with Crippen LogP contribution in [0.5, 0.6) is 0 Å². The molecule has 3 N–H and O–H groups in total. The molecule has 0 heterocycles. The maximum Gasteiger partial charge on any atom is 0.332 e. The van der Waals surface area contributed by atoms with Crippen molar-refractivity contribution >= 4 is 11.7 Å². The minimum atomic E-state index is -0.595. The van der Waals surface area contributed by atoms with Crippen molar-refractivity contribution in [3.63, 3.8) is 0 Å². The van der Waals surface area contributed by atoms with Crippen molar-refractivity contribution in [2.75, 3.05) is 0 Å². The zero-order valence-corrected chi connectivity index (χ0v) is 8.42. The Labute approximate surface area is 78.6 Å². The van der Waals surface area contributed by atoms with Crippen LogP contribution in [0.1, 0.15) is 33.6 Å². The highest BCUT2D eigenvalue weighted by Crippen LogP contribution is 2.39. The minimum absolute atomic E-state index is 0.0858. The number of hydrazone groups is 1. The van der Waals surface area contributed by atoms with Gasteiger partial charge in [0, 0.05) is 11.1 Å². The molecular weight excluding hydrogens is 166 g/mol. The molecule has 1 saturated carbocycles. The number of urea groups is 1. The fourth-order valence-corrected chi connectivity index (χ4v) is 1.64. The fraction of sp³-hybridized carbons (Fsp3) is 0.778. The lowest BCUT2D eigenvalue weighted by Crippen LogP contribution is -2.30. The smallest absolute Gasteiger partial charge is 0.332 e. The molecule has 1 fully saturated rings. The van der Waals surface area contributed by atoms with Gasteiger partial charge in [0.15, 0.2) is 0 Å². The molecule has 1 atom stereocenters. The normalized spacial score (nSPS) is 29.2. The number of carbonyl (C=O) groups is 1. The van der Waals surface area contributed by atoms with Gasteiger partial charge in [-0.2, -0.15) is 5.10 Å². The van der Waals surface area contributed by atoms with Crippen LogP contribution in [0, 0.1) is 11.3 Å². The van der Waals surface area contributed by atoms with E-state index in [0.29, 0.717) is 5.92 Å².